The highest BCUT2D eigenvalue weighted by Crippen LogP contribution is 2.46. The van der Waals surface area contributed by atoms with Crippen molar-refractivity contribution in [2.45, 2.75) is 113 Å². The van der Waals surface area contributed by atoms with Crippen LogP contribution in [0.25, 0.3) is 0 Å². The molecule has 3 atom stereocenters. The molecule has 0 spiro atoms. The molecule has 7 nitrogen and oxygen atoms in total. The van der Waals surface area contributed by atoms with Gasteiger partial charge < -0.3 is 10.2 Å². The number of rotatable bonds is 10. The monoisotopic (exact) mass is 711 g/mol. The van der Waals surface area contributed by atoms with Crippen LogP contribution in [-0.4, -0.2) is 77.7 Å². The molecule has 2 fully saturated rings. The van der Waals surface area contributed by atoms with Crippen LogP contribution in [0.1, 0.15) is 96.8 Å². The van der Waals surface area contributed by atoms with Gasteiger partial charge in [0.25, 0.3) is 0 Å². The zero-order valence-electron chi connectivity index (χ0n) is 30.1. The molecule has 0 bridgehead atoms. The Labute approximate surface area is 295 Å². The molecule has 2 N–H and O–H groups in total. The first kappa shape index (κ1) is 39.2. The van der Waals surface area contributed by atoms with Gasteiger partial charge in [-0.1, -0.05) is 104 Å². The third-order valence-electron chi connectivity index (χ3n) is 10.3. The Kier molecular flexibility index (Phi) is 12.6. The smallest absolute Gasteiger partial charge is 0.157 e. The lowest BCUT2D eigenvalue weighted by Crippen LogP contribution is -2.55. The van der Waals surface area contributed by atoms with E-state index in [9.17, 15) is 27.0 Å². The molecule has 1 saturated heterocycles. The van der Waals surface area contributed by atoms with E-state index in [1.54, 1.807) is 41.5 Å². The van der Waals surface area contributed by atoms with Crippen LogP contribution in [-0.2, 0) is 25.2 Å². The van der Waals surface area contributed by atoms with Crippen molar-refractivity contribution in [2.24, 2.45) is 5.92 Å². The number of aliphatic hydroxyl groups is 2. The second kappa shape index (κ2) is 15.8. The summed E-state index contributed by atoms with van der Waals surface area (Å²) >= 11 is 0. The fraction of sp³-hybridized carbons (Fsp3) is 0.550. The van der Waals surface area contributed by atoms with Gasteiger partial charge in [-0.2, -0.15) is 0 Å². The largest absolute Gasteiger partial charge is 0.392 e. The highest BCUT2D eigenvalue weighted by molar-refractivity contribution is 7.93. The molecule has 0 amide bonds. The molecule has 2 aliphatic rings. The SMILES string of the molecule is CC(C)(C)S(=O)(=O)C[C@@H](O)C1CCCC1.CC(C)(C)S(=O)(=O)C[C@@H](O)[C@@H]1CCCN1C(c1ccccc1)(c1ccccc1)c1ccccc1. The normalized spacial score (nSPS) is 19.6. The van der Waals surface area contributed by atoms with E-state index in [0.717, 1.165) is 61.8 Å². The lowest BCUT2D eigenvalue weighted by Gasteiger charge is -2.47. The van der Waals surface area contributed by atoms with E-state index in [0.29, 0.717) is 0 Å². The Morgan fingerprint density at radius 2 is 0.959 bits per heavy atom. The number of benzene rings is 3. The van der Waals surface area contributed by atoms with Gasteiger partial charge in [0, 0.05) is 12.6 Å². The van der Waals surface area contributed by atoms with E-state index in [1.807, 2.05) is 54.6 Å². The molecule has 49 heavy (non-hydrogen) atoms. The van der Waals surface area contributed by atoms with Crippen LogP contribution >= 0.6 is 0 Å². The van der Waals surface area contributed by atoms with E-state index in [2.05, 4.69) is 41.3 Å². The summed E-state index contributed by atoms with van der Waals surface area (Å²) in [5.41, 5.74) is 2.65. The number of likely N-dealkylation sites (tertiary alicyclic amines) is 1. The summed E-state index contributed by atoms with van der Waals surface area (Å²) in [5.74, 6) is -0.130. The summed E-state index contributed by atoms with van der Waals surface area (Å²) in [7, 11) is -6.66. The molecule has 9 heteroatoms. The topological polar surface area (TPSA) is 112 Å². The van der Waals surface area contributed by atoms with Crippen molar-refractivity contribution >= 4 is 19.7 Å². The first-order valence-corrected chi connectivity index (χ1v) is 21.0. The van der Waals surface area contributed by atoms with Crippen LogP contribution in [0.2, 0.25) is 0 Å². The summed E-state index contributed by atoms with van der Waals surface area (Å²) in [6.07, 6.45) is 4.18. The summed E-state index contributed by atoms with van der Waals surface area (Å²) < 4.78 is 48.1. The molecule has 270 valence electrons. The van der Waals surface area contributed by atoms with Gasteiger partial charge >= 0.3 is 0 Å². The first-order chi connectivity index (χ1) is 22.9. The second-order valence-electron chi connectivity index (χ2n) is 15.7. The molecule has 1 aliphatic heterocycles. The van der Waals surface area contributed by atoms with Crippen LogP contribution in [0, 0.1) is 5.92 Å². The molecule has 0 radical (unpaired) electrons. The van der Waals surface area contributed by atoms with E-state index in [-0.39, 0.29) is 23.5 Å². The van der Waals surface area contributed by atoms with Crippen LogP contribution in [0.3, 0.4) is 0 Å². The van der Waals surface area contributed by atoms with E-state index in [1.165, 1.54) is 0 Å². The lowest BCUT2D eigenvalue weighted by atomic mass is 9.75. The zero-order valence-corrected chi connectivity index (χ0v) is 31.8. The van der Waals surface area contributed by atoms with Crippen LogP contribution in [0.5, 0.6) is 0 Å². The fourth-order valence-corrected chi connectivity index (χ4v) is 9.58. The average molecular weight is 712 g/mol. The van der Waals surface area contributed by atoms with Gasteiger partial charge in [-0.15, -0.1) is 0 Å². The van der Waals surface area contributed by atoms with Crippen molar-refractivity contribution < 1.29 is 27.0 Å². The Morgan fingerprint density at radius 3 is 1.33 bits per heavy atom. The predicted octanol–water partition coefficient (Wildman–Crippen LogP) is 6.77. The highest BCUT2D eigenvalue weighted by Gasteiger charge is 2.49. The minimum Gasteiger partial charge on any atom is -0.392 e. The van der Waals surface area contributed by atoms with Crippen molar-refractivity contribution in [1.29, 1.82) is 0 Å². The van der Waals surface area contributed by atoms with Crippen LogP contribution in [0.4, 0.5) is 0 Å². The maximum Gasteiger partial charge on any atom is 0.157 e. The predicted molar refractivity (Wildman–Crippen MR) is 200 cm³/mol. The maximum absolute atomic E-state index is 13.0. The summed E-state index contributed by atoms with van der Waals surface area (Å²) in [6.45, 7) is 10.9. The molecular formula is C40H57NO6S2. The fourth-order valence-electron chi connectivity index (χ4n) is 7.18. The standard InChI is InChI=1S/C29H35NO3S.C11H22O3S/c1-28(2,3)34(32,33)22-27(31)26-20-13-21-30(26)29(23-14-7-4-8-15-23,24-16-9-5-10-17-24)25-18-11-6-12-19-25;1-11(2,3)15(13,14)8-10(12)9-6-4-5-7-9/h4-12,14-19,26-27,31H,13,20-22H2,1-3H3;9-10,12H,4-8H2,1-3H3/t26-,27+;10-/m01/s1. The Bertz CT molecular complexity index is 1580. The van der Waals surface area contributed by atoms with E-state index >= 15 is 0 Å². The molecule has 5 rings (SSSR count). The number of aliphatic hydroxyl groups excluding tert-OH is 2. The maximum atomic E-state index is 13.0. The first-order valence-electron chi connectivity index (χ1n) is 17.7. The molecule has 0 aromatic heterocycles. The van der Waals surface area contributed by atoms with Crippen LogP contribution in [0.15, 0.2) is 91.0 Å². The summed E-state index contributed by atoms with van der Waals surface area (Å²) in [4.78, 5) is 2.34. The quantitative estimate of drug-likeness (QED) is 0.224. The summed E-state index contributed by atoms with van der Waals surface area (Å²) in [5, 5.41) is 21.3. The van der Waals surface area contributed by atoms with E-state index in [4.69, 9.17) is 0 Å². The van der Waals surface area contributed by atoms with E-state index < -0.39 is 46.9 Å². The third kappa shape index (κ3) is 8.85. The molecular weight excluding hydrogens is 655 g/mol. The second-order valence-corrected chi connectivity index (χ2v) is 21.3. The number of sulfone groups is 2. The van der Waals surface area contributed by atoms with Gasteiger partial charge in [0.05, 0.1) is 38.7 Å². The number of hydrogen-bond acceptors (Lipinski definition) is 7. The lowest BCUT2D eigenvalue weighted by molar-refractivity contribution is 0.0450. The van der Waals surface area contributed by atoms with Gasteiger partial charge in [0.2, 0.25) is 0 Å². The van der Waals surface area contributed by atoms with Crippen molar-refractivity contribution in [3.05, 3.63) is 108 Å². The molecule has 1 saturated carbocycles. The van der Waals surface area contributed by atoms with Gasteiger partial charge in [-0.3, -0.25) is 4.90 Å². The Balaban J connectivity index is 0.000000302. The van der Waals surface area contributed by atoms with Crippen molar-refractivity contribution in [3.8, 4) is 0 Å². The molecule has 1 heterocycles. The molecule has 1 aliphatic carbocycles. The molecule has 3 aromatic carbocycles. The Morgan fingerprint density at radius 1 is 0.592 bits per heavy atom. The van der Waals surface area contributed by atoms with Crippen molar-refractivity contribution in [1.82, 2.24) is 4.90 Å². The highest BCUT2D eigenvalue weighted by atomic mass is 32.2. The van der Waals surface area contributed by atoms with Crippen LogP contribution < -0.4 is 0 Å². The minimum absolute atomic E-state index is 0.0822. The summed E-state index contributed by atoms with van der Waals surface area (Å²) in [6, 6.07) is 30.8. The molecule has 3 aromatic rings. The average Bonchev–Trinajstić information content (AvgIpc) is 3.76. The van der Waals surface area contributed by atoms with Gasteiger partial charge in [-0.25, -0.2) is 16.8 Å². The number of hydrogen-bond donors (Lipinski definition) is 2. The van der Waals surface area contributed by atoms with Crippen molar-refractivity contribution in [3.63, 3.8) is 0 Å². The van der Waals surface area contributed by atoms with Gasteiger partial charge in [0.1, 0.15) is 0 Å². The zero-order chi connectivity index (χ0) is 36.1. The molecule has 0 unspecified atom stereocenters. The number of nitrogens with zero attached hydrogens (tertiary/aromatic N) is 1. The Hall–Kier alpha value is -2.56. The third-order valence-corrected chi connectivity index (χ3v) is 15.6. The van der Waals surface area contributed by atoms with Gasteiger partial charge in [0.15, 0.2) is 19.7 Å². The van der Waals surface area contributed by atoms with Crippen molar-refractivity contribution in [2.75, 3.05) is 18.1 Å². The van der Waals surface area contributed by atoms with Gasteiger partial charge in [-0.05, 0) is 89.8 Å². The minimum atomic E-state index is -3.47.